The molecule has 5 nitrogen and oxygen atoms in total. The van der Waals surface area contributed by atoms with E-state index >= 15 is 0 Å². The Kier molecular flexibility index (Phi) is 3.32. The number of aliphatic hydroxyl groups is 1. The zero-order valence-electron chi connectivity index (χ0n) is 11.0. The summed E-state index contributed by atoms with van der Waals surface area (Å²) in [6.45, 7) is 3.25. The molecule has 1 aliphatic rings. The lowest BCUT2D eigenvalue weighted by Gasteiger charge is -2.17. The molecule has 1 saturated carbocycles. The molecule has 1 aromatic carbocycles. The van der Waals surface area contributed by atoms with Gasteiger partial charge in [-0.1, -0.05) is 12.1 Å². The third kappa shape index (κ3) is 2.46. The first kappa shape index (κ1) is 13.5. The largest absolute Gasteiger partial charge is 0.478 e. The number of carboxylic acids is 1. The molecule has 0 unspecified atom stereocenters. The Morgan fingerprint density at radius 3 is 2.16 bits per heavy atom. The van der Waals surface area contributed by atoms with Crippen LogP contribution in [0.5, 0.6) is 0 Å². The number of benzene rings is 1. The molecule has 0 bridgehead atoms. The van der Waals surface area contributed by atoms with Crippen LogP contribution in [-0.2, 0) is 0 Å². The van der Waals surface area contributed by atoms with E-state index in [1.165, 1.54) is 0 Å². The monoisotopic (exact) mass is 263 g/mol. The van der Waals surface area contributed by atoms with E-state index in [1.54, 1.807) is 26.0 Å². The van der Waals surface area contributed by atoms with Crippen molar-refractivity contribution >= 4 is 11.9 Å². The summed E-state index contributed by atoms with van der Waals surface area (Å²) in [7, 11) is 0. The third-order valence-electron chi connectivity index (χ3n) is 3.60. The zero-order chi connectivity index (χ0) is 14.2. The fraction of sp³-hybridized carbons (Fsp3) is 0.429. The first-order chi connectivity index (χ1) is 8.90. The molecule has 0 atom stereocenters. The summed E-state index contributed by atoms with van der Waals surface area (Å²) in [5.41, 5.74) is 0.841. The summed E-state index contributed by atoms with van der Waals surface area (Å²) in [5, 5.41) is 21.2. The second-order valence-corrected chi connectivity index (χ2v) is 5.15. The fourth-order valence-electron chi connectivity index (χ4n) is 2.16. The first-order valence-electron chi connectivity index (χ1n) is 6.17. The van der Waals surface area contributed by atoms with Crippen molar-refractivity contribution < 1.29 is 19.8 Å². The maximum atomic E-state index is 12.3. The second-order valence-electron chi connectivity index (χ2n) is 5.15. The Bertz CT molecular complexity index is 547. The van der Waals surface area contributed by atoms with Crippen molar-refractivity contribution in [2.75, 3.05) is 6.61 Å². The molecular formula is C14H17NO4. The quantitative estimate of drug-likeness (QED) is 0.763. The second kappa shape index (κ2) is 4.66. The van der Waals surface area contributed by atoms with E-state index < -0.39 is 17.4 Å². The van der Waals surface area contributed by atoms with Crippen LogP contribution in [0.2, 0.25) is 0 Å². The van der Waals surface area contributed by atoms with Crippen LogP contribution < -0.4 is 5.32 Å². The lowest BCUT2D eigenvalue weighted by Crippen LogP contribution is -2.40. The highest BCUT2D eigenvalue weighted by molar-refractivity contribution is 6.07. The van der Waals surface area contributed by atoms with Gasteiger partial charge in [0.15, 0.2) is 0 Å². The van der Waals surface area contributed by atoms with E-state index in [0.29, 0.717) is 11.1 Å². The number of hydrogen-bond donors (Lipinski definition) is 3. The van der Waals surface area contributed by atoms with Crippen LogP contribution in [0.25, 0.3) is 0 Å². The highest BCUT2D eigenvalue weighted by atomic mass is 16.4. The summed E-state index contributed by atoms with van der Waals surface area (Å²) >= 11 is 0. The minimum Gasteiger partial charge on any atom is -0.478 e. The molecule has 0 radical (unpaired) electrons. The predicted octanol–water partition coefficient (Wildman–Crippen LogP) is 1.26. The summed E-state index contributed by atoms with van der Waals surface area (Å²) in [5.74, 6) is -1.54. The molecule has 0 aromatic heterocycles. The Hall–Kier alpha value is -1.88. The van der Waals surface area contributed by atoms with Crippen molar-refractivity contribution in [1.29, 1.82) is 0 Å². The van der Waals surface area contributed by atoms with Gasteiger partial charge in [-0.05, 0) is 37.8 Å². The number of carboxylic acid groups (broad SMARTS) is 1. The number of rotatable bonds is 4. The molecule has 5 heteroatoms. The summed E-state index contributed by atoms with van der Waals surface area (Å²) in [4.78, 5) is 23.6. The molecule has 0 spiro atoms. The van der Waals surface area contributed by atoms with Crippen LogP contribution in [0.15, 0.2) is 12.1 Å². The highest BCUT2D eigenvalue weighted by Crippen LogP contribution is 2.35. The average Bonchev–Trinajstić information content (AvgIpc) is 3.11. The molecule has 1 amide bonds. The number of carbonyl (C=O) groups excluding carboxylic acids is 1. The summed E-state index contributed by atoms with van der Waals surface area (Å²) in [6, 6.07) is 3.42. The Morgan fingerprint density at radius 2 is 1.74 bits per heavy atom. The maximum Gasteiger partial charge on any atom is 0.336 e. The van der Waals surface area contributed by atoms with E-state index in [2.05, 4.69) is 5.32 Å². The number of aryl methyl sites for hydroxylation is 2. The topological polar surface area (TPSA) is 86.6 Å². The number of aromatic carboxylic acids is 1. The zero-order valence-corrected chi connectivity index (χ0v) is 11.0. The number of amides is 1. The van der Waals surface area contributed by atoms with Gasteiger partial charge in [-0.2, -0.15) is 0 Å². The fourth-order valence-corrected chi connectivity index (χ4v) is 2.16. The van der Waals surface area contributed by atoms with Crippen LogP contribution in [0.3, 0.4) is 0 Å². The molecule has 3 N–H and O–H groups in total. The Balaban J connectivity index is 2.41. The molecule has 1 aliphatic carbocycles. The highest BCUT2D eigenvalue weighted by Gasteiger charge is 2.44. The number of carbonyl (C=O) groups is 2. The SMILES string of the molecule is Cc1ccc(C)c(C(=O)NC2(CO)CC2)c1C(=O)O. The van der Waals surface area contributed by atoms with E-state index in [-0.39, 0.29) is 17.7 Å². The van der Waals surface area contributed by atoms with Gasteiger partial charge in [0.1, 0.15) is 0 Å². The standard InChI is InChI=1S/C14H17NO4/c1-8-3-4-9(2)11(13(18)19)10(8)12(17)15-14(7-16)5-6-14/h3-4,16H,5-7H2,1-2H3,(H,15,17)(H,18,19). The van der Waals surface area contributed by atoms with Gasteiger partial charge >= 0.3 is 5.97 Å². The molecule has 1 aromatic rings. The van der Waals surface area contributed by atoms with Crippen molar-refractivity contribution in [1.82, 2.24) is 5.32 Å². The van der Waals surface area contributed by atoms with Gasteiger partial charge in [-0.3, -0.25) is 4.79 Å². The van der Waals surface area contributed by atoms with E-state index in [1.807, 2.05) is 0 Å². The molecule has 19 heavy (non-hydrogen) atoms. The van der Waals surface area contributed by atoms with Crippen LogP contribution in [0, 0.1) is 13.8 Å². The third-order valence-corrected chi connectivity index (χ3v) is 3.60. The van der Waals surface area contributed by atoms with Crippen molar-refractivity contribution in [3.05, 3.63) is 34.4 Å². The minimum atomic E-state index is -1.11. The Labute approximate surface area is 111 Å². The van der Waals surface area contributed by atoms with Crippen LogP contribution in [-0.4, -0.2) is 34.2 Å². The minimum absolute atomic E-state index is 0.0336. The van der Waals surface area contributed by atoms with Crippen molar-refractivity contribution in [2.45, 2.75) is 32.2 Å². The lowest BCUT2D eigenvalue weighted by atomic mass is 9.96. The van der Waals surface area contributed by atoms with E-state index in [9.17, 15) is 19.8 Å². The van der Waals surface area contributed by atoms with Gasteiger partial charge in [-0.25, -0.2) is 4.79 Å². The summed E-state index contributed by atoms with van der Waals surface area (Å²) in [6.07, 6.45) is 1.45. The van der Waals surface area contributed by atoms with Crippen LogP contribution in [0.4, 0.5) is 0 Å². The molecule has 0 aliphatic heterocycles. The average molecular weight is 263 g/mol. The normalized spacial score (nSPS) is 15.9. The molecular weight excluding hydrogens is 246 g/mol. The smallest absolute Gasteiger partial charge is 0.336 e. The van der Waals surface area contributed by atoms with Crippen molar-refractivity contribution in [3.63, 3.8) is 0 Å². The van der Waals surface area contributed by atoms with Gasteiger partial charge in [0.25, 0.3) is 5.91 Å². The van der Waals surface area contributed by atoms with Gasteiger partial charge < -0.3 is 15.5 Å². The molecule has 102 valence electrons. The maximum absolute atomic E-state index is 12.3. The van der Waals surface area contributed by atoms with Gasteiger partial charge in [0.05, 0.1) is 23.3 Å². The Morgan fingerprint density at radius 1 is 1.21 bits per heavy atom. The number of nitrogens with one attached hydrogen (secondary N) is 1. The predicted molar refractivity (Wildman–Crippen MR) is 69.4 cm³/mol. The van der Waals surface area contributed by atoms with E-state index in [4.69, 9.17) is 0 Å². The molecule has 2 rings (SSSR count). The van der Waals surface area contributed by atoms with Gasteiger partial charge in [0.2, 0.25) is 0 Å². The molecule has 0 saturated heterocycles. The van der Waals surface area contributed by atoms with Crippen molar-refractivity contribution in [3.8, 4) is 0 Å². The van der Waals surface area contributed by atoms with E-state index in [0.717, 1.165) is 12.8 Å². The van der Waals surface area contributed by atoms with Crippen molar-refractivity contribution in [2.24, 2.45) is 0 Å². The van der Waals surface area contributed by atoms with Crippen LogP contribution >= 0.6 is 0 Å². The lowest BCUT2D eigenvalue weighted by molar-refractivity contribution is 0.0688. The first-order valence-corrected chi connectivity index (χ1v) is 6.17. The molecule has 1 fully saturated rings. The summed E-state index contributed by atoms with van der Waals surface area (Å²) < 4.78 is 0. The molecule has 0 heterocycles. The number of hydrogen-bond acceptors (Lipinski definition) is 3. The van der Waals surface area contributed by atoms with Gasteiger partial charge in [0, 0.05) is 0 Å². The van der Waals surface area contributed by atoms with Crippen LogP contribution in [0.1, 0.15) is 44.7 Å². The number of aliphatic hydroxyl groups excluding tert-OH is 1. The van der Waals surface area contributed by atoms with Gasteiger partial charge in [-0.15, -0.1) is 0 Å².